The molecule has 1 aromatic carbocycles. The Bertz CT molecular complexity index is 999. The number of halogens is 1. The number of aryl methyl sites for hydroxylation is 1. The lowest BCUT2D eigenvalue weighted by Crippen LogP contribution is -2.49. The lowest BCUT2D eigenvalue weighted by molar-refractivity contribution is 0.208. The third-order valence-corrected chi connectivity index (χ3v) is 5.33. The zero-order valence-corrected chi connectivity index (χ0v) is 17.1. The summed E-state index contributed by atoms with van der Waals surface area (Å²) in [5.41, 5.74) is 2.81. The summed E-state index contributed by atoms with van der Waals surface area (Å²) >= 11 is 0. The van der Waals surface area contributed by atoms with Crippen LogP contribution in [0.1, 0.15) is 25.0 Å². The topological polar surface area (TPSA) is 70.1 Å². The molecule has 0 saturated carbocycles. The maximum atomic E-state index is 13.5. The van der Waals surface area contributed by atoms with Gasteiger partial charge in [0.1, 0.15) is 5.82 Å². The molecule has 0 spiro atoms. The minimum Gasteiger partial charge on any atom is -0.364 e. The SMILES string of the molecule is Cc1cc(CNc2nc(N3CCN(C(C)C)CC3)nc3nccnc23)ccc1F. The summed E-state index contributed by atoms with van der Waals surface area (Å²) in [6.45, 7) is 10.4. The summed E-state index contributed by atoms with van der Waals surface area (Å²) in [5, 5.41) is 3.34. The van der Waals surface area contributed by atoms with Crippen LogP contribution in [0, 0.1) is 12.7 Å². The predicted molar refractivity (Wildman–Crippen MR) is 113 cm³/mol. The monoisotopic (exact) mass is 395 g/mol. The van der Waals surface area contributed by atoms with Gasteiger partial charge in [0.05, 0.1) is 0 Å². The summed E-state index contributed by atoms with van der Waals surface area (Å²) in [6, 6.07) is 5.64. The van der Waals surface area contributed by atoms with Crippen LogP contribution in [-0.2, 0) is 6.54 Å². The number of nitrogens with zero attached hydrogens (tertiary/aromatic N) is 6. The zero-order valence-electron chi connectivity index (χ0n) is 17.1. The minimum atomic E-state index is -0.199. The molecule has 4 rings (SSSR count). The Labute approximate surface area is 170 Å². The van der Waals surface area contributed by atoms with Crippen LogP contribution >= 0.6 is 0 Å². The van der Waals surface area contributed by atoms with E-state index in [1.807, 2.05) is 6.07 Å². The Morgan fingerprint density at radius 1 is 1.07 bits per heavy atom. The van der Waals surface area contributed by atoms with Crippen molar-refractivity contribution in [2.24, 2.45) is 0 Å². The summed E-state index contributed by atoms with van der Waals surface area (Å²) in [4.78, 5) is 22.8. The van der Waals surface area contributed by atoms with Crippen molar-refractivity contribution < 1.29 is 4.39 Å². The van der Waals surface area contributed by atoms with E-state index in [2.05, 4.69) is 43.9 Å². The Kier molecular flexibility index (Phi) is 5.53. The van der Waals surface area contributed by atoms with E-state index in [9.17, 15) is 4.39 Å². The second kappa shape index (κ2) is 8.24. The van der Waals surface area contributed by atoms with Crippen molar-refractivity contribution in [3.8, 4) is 0 Å². The van der Waals surface area contributed by atoms with E-state index >= 15 is 0 Å². The number of piperazine rings is 1. The maximum Gasteiger partial charge on any atom is 0.229 e. The average molecular weight is 395 g/mol. The fourth-order valence-electron chi connectivity index (χ4n) is 3.56. The summed E-state index contributed by atoms with van der Waals surface area (Å²) in [6.07, 6.45) is 3.28. The van der Waals surface area contributed by atoms with Gasteiger partial charge in [0.2, 0.25) is 5.95 Å². The summed E-state index contributed by atoms with van der Waals surface area (Å²) in [7, 11) is 0. The molecule has 2 aromatic heterocycles. The molecule has 0 amide bonds. The number of fused-ring (bicyclic) bond motifs is 1. The van der Waals surface area contributed by atoms with E-state index in [4.69, 9.17) is 4.98 Å². The quantitative estimate of drug-likeness (QED) is 0.712. The molecule has 29 heavy (non-hydrogen) atoms. The van der Waals surface area contributed by atoms with Crippen LogP contribution in [0.3, 0.4) is 0 Å². The van der Waals surface area contributed by atoms with Crippen LogP contribution in [0.25, 0.3) is 11.2 Å². The molecular weight excluding hydrogens is 369 g/mol. The van der Waals surface area contributed by atoms with Crippen LogP contribution < -0.4 is 10.2 Å². The van der Waals surface area contributed by atoms with Crippen molar-refractivity contribution in [2.45, 2.75) is 33.4 Å². The van der Waals surface area contributed by atoms with Gasteiger partial charge in [-0.1, -0.05) is 12.1 Å². The molecule has 1 fully saturated rings. The Balaban J connectivity index is 1.58. The van der Waals surface area contributed by atoms with E-state index in [-0.39, 0.29) is 5.82 Å². The van der Waals surface area contributed by atoms with Gasteiger partial charge < -0.3 is 10.2 Å². The number of hydrogen-bond donors (Lipinski definition) is 1. The molecule has 3 aromatic rings. The Hall–Kier alpha value is -2.87. The van der Waals surface area contributed by atoms with E-state index in [1.165, 1.54) is 6.07 Å². The van der Waals surface area contributed by atoms with Crippen LogP contribution in [0.5, 0.6) is 0 Å². The van der Waals surface area contributed by atoms with Crippen LogP contribution in [0.15, 0.2) is 30.6 Å². The highest BCUT2D eigenvalue weighted by atomic mass is 19.1. The summed E-state index contributed by atoms with van der Waals surface area (Å²) < 4.78 is 13.5. The fraction of sp³-hybridized carbons (Fsp3) is 0.429. The van der Waals surface area contributed by atoms with Gasteiger partial charge in [-0.2, -0.15) is 9.97 Å². The third kappa shape index (κ3) is 4.27. The lowest BCUT2D eigenvalue weighted by atomic mass is 10.1. The highest BCUT2D eigenvalue weighted by Crippen LogP contribution is 2.22. The molecule has 0 aliphatic carbocycles. The number of aromatic nitrogens is 4. The Morgan fingerprint density at radius 3 is 2.55 bits per heavy atom. The standard InChI is InChI=1S/C21H26FN7/c1-14(2)28-8-10-29(11-9-28)21-26-19-18(23-6-7-24-19)20(27-21)25-13-16-4-5-17(22)15(3)12-16/h4-7,12,14H,8-11,13H2,1-3H3,(H,24,25,26,27). The van der Waals surface area contributed by atoms with Crippen molar-refractivity contribution in [2.75, 3.05) is 36.4 Å². The van der Waals surface area contributed by atoms with E-state index < -0.39 is 0 Å². The van der Waals surface area contributed by atoms with E-state index in [0.29, 0.717) is 41.1 Å². The van der Waals surface area contributed by atoms with Gasteiger partial charge in [-0.15, -0.1) is 0 Å². The molecule has 3 heterocycles. The molecule has 0 unspecified atom stereocenters. The van der Waals surface area contributed by atoms with Crippen molar-refractivity contribution in [3.05, 3.63) is 47.5 Å². The largest absolute Gasteiger partial charge is 0.364 e. The number of nitrogens with one attached hydrogen (secondary N) is 1. The van der Waals surface area contributed by atoms with Gasteiger partial charge in [0.15, 0.2) is 17.0 Å². The average Bonchev–Trinajstić information content (AvgIpc) is 2.74. The smallest absolute Gasteiger partial charge is 0.229 e. The molecule has 0 atom stereocenters. The molecule has 8 heteroatoms. The molecule has 0 bridgehead atoms. The van der Waals surface area contributed by atoms with Gasteiger partial charge in [0.25, 0.3) is 0 Å². The molecule has 1 saturated heterocycles. The maximum absolute atomic E-state index is 13.5. The first-order valence-corrected chi connectivity index (χ1v) is 9.98. The molecule has 0 radical (unpaired) electrons. The zero-order chi connectivity index (χ0) is 20.4. The van der Waals surface area contributed by atoms with Crippen molar-refractivity contribution in [3.63, 3.8) is 0 Å². The van der Waals surface area contributed by atoms with Gasteiger partial charge in [-0.05, 0) is 38.0 Å². The van der Waals surface area contributed by atoms with Crippen LogP contribution in [0.4, 0.5) is 16.2 Å². The van der Waals surface area contributed by atoms with Gasteiger partial charge >= 0.3 is 0 Å². The third-order valence-electron chi connectivity index (χ3n) is 5.33. The summed E-state index contributed by atoms with van der Waals surface area (Å²) in [5.74, 6) is 1.11. The normalized spacial score (nSPS) is 15.3. The molecule has 7 nitrogen and oxygen atoms in total. The predicted octanol–water partition coefficient (Wildman–Crippen LogP) is 3.01. The Morgan fingerprint density at radius 2 is 1.83 bits per heavy atom. The fourth-order valence-corrected chi connectivity index (χ4v) is 3.56. The highest BCUT2D eigenvalue weighted by molar-refractivity contribution is 5.83. The first-order valence-electron chi connectivity index (χ1n) is 9.98. The van der Waals surface area contributed by atoms with Crippen LogP contribution in [0.2, 0.25) is 0 Å². The van der Waals surface area contributed by atoms with Crippen molar-refractivity contribution >= 4 is 22.9 Å². The van der Waals surface area contributed by atoms with E-state index in [0.717, 1.165) is 31.7 Å². The van der Waals surface area contributed by atoms with Crippen molar-refractivity contribution in [1.82, 2.24) is 24.8 Å². The molecule has 1 aliphatic rings. The second-order valence-corrected chi connectivity index (χ2v) is 7.65. The highest BCUT2D eigenvalue weighted by Gasteiger charge is 2.22. The van der Waals surface area contributed by atoms with E-state index in [1.54, 1.807) is 25.4 Å². The van der Waals surface area contributed by atoms with Crippen molar-refractivity contribution in [1.29, 1.82) is 0 Å². The first kappa shape index (κ1) is 19.4. The first-order chi connectivity index (χ1) is 14.0. The minimum absolute atomic E-state index is 0.199. The molecule has 152 valence electrons. The van der Waals surface area contributed by atoms with Gasteiger partial charge in [-0.25, -0.2) is 14.4 Å². The lowest BCUT2D eigenvalue weighted by Gasteiger charge is -2.36. The number of rotatable bonds is 5. The number of anilines is 2. The molecule has 1 aliphatic heterocycles. The molecular formula is C21H26FN7. The number of hydrogen-bond acceptors (Lipinski definition) is 7. The molecule has 1 N–H and O–H groups in total. The second-order valence-electron chi connectivity index (χ2n) is 7.65. The number of benzene rings is 1. The van der Waals surface area contributed by atoms with Gasteiger partial charge in [0, 0.05) is 51.2 Å². The van der Waals surface area contributed by atoms with Gasteiger partial charge in [-0.3, -0.25) is 4.90 Å². The van der Waals surface area contributed by atoms with Crippen LogP contribution in [-0.4, -0.2) is 57.1 Å².